The number of benzene rings is 1. The van der Waals surface area contributed by atoms with Crippen LogP contribution >= 0.6 is 11.6 Å². The molecule has 102 valence electrons. The van der Waals surface area contributed by atoms with Crippen molar-refractivity contribution in [2.75, 3.05) is 7.05 Å². The van der Waals surface area contributed by atoms with Crippen molar-refractivity contribution in [2.24, 2.45) is 0 Å². The highest BCUT2D eigenvalue weighted by Crippen LogP contribution is 2.22. The van der Waals surface area contributed by atoms with Gasteiger partial charge in [0, 0.05) is 17.5 Å². The molecule has 0 spiro atoms. The highest BCUT2D eigenvalue weighted by Gasteiger charge is 2.11. The third kappa shape index (κ3) is 2.28. The second-order valence-corrected chi connectivity index (χ2v) is 5.11. The summed E-state index contributed by atoms with van der Waals surface area (Å²) >= 11 is 6.10. The van der Waals surface area contributed by atoms with Gasteiger partial charge in [0.2, 0.25) is 0 Å². The molecule has 0 aliphatic rings. The summed E-state index contributed by atoms with van der Waals surface area (Å²) in [6.45, 7) is 2.61. The molecule has 0 radical (unpaired) electrons. The number of halogens is 1. The van der Waals surface area contributed by atoms with Gasteiger partial charge in [0.1, 0.15) is 0 Å². The van der Waals surface area contributed by atoms with Gasteiger partial charge < -0.3 is 5.32 Å². The highest BCUT2D eigenvalue weighted by atomic mass is 35.5. The van der Waals surface area contributed by atoms with Crippen LogP contribution in [-0.4, -0.2) is 21.8 Å². The number of fused-ring (bicyclic) bond motifs is 1. The van der Waals surface area contributed by atoms with Gasteiger partial charge in [-0.25, -0.2) is 9.67 Å². The van der Waals surface area contributed by atoms with Crippen molar-refractivity contribution in [1.29, 1.82) is 0 Å². The molecule has 2 aromatic heterocycles. The Balaban J connectivity index is 2.23. The van der Waals surface area contributed by atoms with Crippen LogP contribution in [0, 0.1) is 6.92 Å². The Morgan fingerprint density at radius 1 is 1.30 bits per heavy atom. The molecule has 1 aromatic carbocycles. The summed E-state index contributed by atoms with van der Waals surface area (Å²) in [4.78, 5) is 4.72. The van der Waals surface area contributed by atoms with E-state index in [4.69, 9.17) is 16.6 Å². The fourth-order valence-corrected chi connectivity index (χ4v) is 2.35. The summed E-state index contributed by atoms with van der Waals surface area (Å²) < 4.78 is 1.75. The van der Waals surface area contributed by atoms with Crippen LogP contribution in [0.25, 0.3) is 16.7 Å². The van der Waals surface area contributed by atoms with Gasteiger partial charge in [0.05, 0.1) is 22.4 Å². The van der Waals surface area contributed by atoms with Gasteiger partial charge in [-0.2, -0.15) is 5.10 Å². The summed E-state index contributed by atoms with van der Waals surface area (Å²) in [5.74, 6) is 0.813. The topological polar surface area (TPSA) is 42.7 Å². The number of hydrogen-bond donors (Lipinski definition) is 1. The van der Waals surface area contributed by atoms with E-state index in [0.29, 0.717) is 5.02 Å². The van der Waals surface area contributed by atoms with E-state index >= 15 is 0 Å². The molecule has 0 saturated carbocycles. The average Bonchev–Trinajstić information content (AvgIpc) is 2.78. The predicted molar refractivity (Wildman–Crippen MR) is 81.4 cm³/mol. The van der Waals surface area contributed by atoms with E-state index in [-0.39, 0.29) is 0 Å². The average molecular weight is 287 g/mol. The van der Waals surface area contributed by atoms with Gasteiger partial charge >= 0.3 is 0 Å². The summed E-state index contributed by atoms with van der Waals surface area (Å²) in [6.07, 6.45) is 1.80. The molecule has 0 aliphatic carbocycles. The Bertz CT molecular complexity index is 744. The quantitative estimate of drug-likeness (QED) is 0.804. The first kappa shape index (κ1) is 13.1. The number of rotatable bonds is 3. The maximum Gasteiger partial charge on any atom is 0.158 e. The number of pyridine rings is 1. The molecule has 3 aromatic rings. The Hall–Kier alpha value is -1.91. The third-order valence-corrected chi connectivity index (χ3v) is 3.57. The van der Waals surface area contributed by atoms with E-state index in [0.717, 1.165) is 34.5 Å². The molecule has 5 heteroatoms. The fourth-order valence-electron chi connectivity index (χ4n) is 2.22. The van der Waals surface area contributed by atoms with E-state index < -0.39 is 0 Å². The number of aromatic nitrogens is 3. The molecule has 2 heterocycles. The monoisotopic (exact) mass is 286 g/mol. The van der Waals surface area contributed by atoms with Crippen LogP contribution in [0.4, 0.5) is 0 Å². The first-order valence-corrected chi connectivity index (χ1v) is 6.82. The van der Waals surface area contributed by atoms with Gasteiger partial charge in [-0.3, -0.25) is 0 Å². The normalized spacial score (nSPS) is 11.2. The minimum absolute atomic E-state index is 0.648. The van der Waals surface area contributed by atoms with Gasteiger partial charge in [-0.1, -0.05) is 29.8 Å². The van der Waals surface area contributed by atoms with Crippen molar-refractivity contribution >= 4 is 22.5 Å². The number of nitrogens with one attached hydrogen (secondary N) is 1. The second kappa shape index (κ2) is 5.23. The van der Waals surface area contributed by atoms with Gasteiger partial charge in [0.15, 0.2) is 5.82 Å². The van der Waals surface area contributed by atoms with Crippen molar-refractivity contribution < 1.29 is 0 Å². The Labute approximate surface area is 122 Å². The maximum atomic E-state index is 6.10. The Kier molecular flexibility index (Phi) is 3.42. The van der Waals surface area contributed by atoms with Crippen LogP contribution in [-0.2, 0) is 6.54 Å². The lowest BCUT2D eigenvalue weighted by Gasteiger charge is -2.10. The smallest absolute Gasteiger partial charge is 0.158 e. The van der Waals surface area contributed by atoms with Crippen molar-refractivity contribution in [3.63, 3.8) is 0 Å². The Morgan fingerprint density at radius 3 is 2.80 bits per heavy atom. The minimum Gasteiger partial charge on any atom is -0.316 e. The van der Waals surface area contributed by atoms with E-state index in [1.807, 2.05) is 32.2 Å². The number of hydrogen-bond acceptors (Lipinski definition) is 3. The summed E-state index contributed by atoms with van der Waals surface area (Å²) in [7, 11) is 1.92. The van der Waals surface area contributed by atoms with Crippen LogP contribution in [0.5, 0.6) is 0 Å². The highest BCUT2D eigenvalue weighted by molar-refractivity contribution is 6.31. The summed E-state index contributed by atoms with van der Waals surface area (Å²) in [5, 5.41) is 9.36. The van der Waals surface area contributed by atoms with Crippen molar-refractivity contribution in [1.82, 2.24) is 20.1 Å². The van der Waals surface area contributed by atoms with Crippen molar-refractivity contribution in [3.8, 4) is 5.82 Å². The summed E-state index contributed by atoms with van der Waals surface area (Å²) in [6, 6.07) is 10.2. The molecular formula is C15H15ClN4. The Morgan fingerprint density at radius 2 is 2.10 bits per heavy atom. The molecule has 0 bridgehead atoms. The first-order chi connectivity index (χ1) is 9.69. The maximum absolute atomic E-state index is 6.10. The molecular weight excluding hydrogens is 272 g/mol. The number of nitrogens with zero attached hydrogens (tertiary/aromatic N) is 3. The predicted octanol–water partition coefficient (Wildman–Crippen LogP) is 3.10. The summed E-state index contributed by atoms with van der Waals surface area (Å²) in [5.41, 5.74) is 2.84. The molecule has 0 fully saturated rings. The van der Waals surface area contributed by atoms with Gasteiger partial charge in [0.25, 0.3) is 0 Å². The molecule has 0 amide bonds. The van der Waals surface area contributed by atoms with E-state index in [2.05, 4.69) is 22.5 Å². The molecule has 0 atom stereocenters. The zero-order valence-electron chi connectivity index (χ0n) is 11.4. The number of aryl methyl sites for hydroxylation is 1. The zero-order chi connectivity index (χ0) is 14.1. The van der Waals surface area contributed by atoms with E-state index in [1.165, 1.54) is 0 Å². The van der Waals surface area contributed by atoms with E-state index in [9.17, 15) is 0 Å². The molecule has 20 heavy (non-hydrogen) atoms. The zero-order valence-corrected chi connectivity index (χ0v) is 12.1. The molecule has 0 unspecified atom stereocenters. The molecule has 3 rings (SSSR count). The lowest BCUT2D eigenvalue weighted by Crippen LogP contribution is -2.11. The van der Waals surface area contributed by atoms with Crippen LogP contribution in [0.1, 0.15) is 11.3 Å². The van der Waals surface area contributed by atoms with Crippen LogP contribution in [0.2, 0.25) is 5.02 Å². The van der Waals surface area contributed by atoms with Gasteiger partial charge in [-0.15, -0.1) is 0 Å². The van der Waals surface area contributed by atoms with Crippen molar-refractivity contribution in [3.05, 3.63) is 52.8 Å². The largest absolute Gasteiger partial charge is 0.316 e. The van der Waals surface area contributed by atoms with Gasteiger partial charge in [-0.05, 0) is 26.1 Å². The molecule has 4 nitrogen and oxygen atoms in total. The minimum atomic E-state index is 0.648. The molecule has 0 saturated heterocycles. The van der Waals surface area contributed by atoms with E-state index in [1.54, 1.807) is 10.9 Å². The first-order valence-electron chi connectivity index (χ1n) is 6.44. The van der Waals surface area contributed by atoms with Crippen LogP contribution in [0.3, 0.4) is 0 Å². The number of para-hydroxylation sites is 1. The second-order valence-electron chi connectivity index (χ2n) is 4.70. The third-order valence-electron chi connectivity index (χ3n) is 3.20. The fraction of sp³-hybridized carbons (Fsp3) is 0.200. The SMILES string of the molecule is CNCc1cc2ccccc2nc1-n1cc(Cl)c(C)n1. The van der Waals surface area contributed by atoms with Crippen LogP contribution < -0.4 is 5.32 Å². The molecule has 1 N–H and O–H groups in total. The lowest BCUT2D eigenvalue weighted by molar-refractivity contribution is 0.771. The molecule has 0 aliphatic heterocycles. The standard InChI is InChI=1S/C15H15ClN4/c1-10-13(16)9-20(19-10)15-12(8-17-2)7-11-5-3-4-6-14(11)18-15/h3-7,9,17H,8H2,1-2H3. The van der Waals surface area contributed by atoms with Crippen molar-refractivity contribution in [2.45, 2.75) is 13.5 Å². The lowest BCUT2D eigenvalue weighted by atomic mass is 10.1. The van der Waals surface area contributed by atoms with Crippen LogP contribution in [0.15, 0.2) is 36.5 Å².